The molecule has 0 heterocycles. The van der Waals surface area contributed by atoms with Crippen LogP contribution in [-0.2, 0) is 0 Å². The van der Waals surface area contributed by atoms with Crippen molar-refractivity contribution in [3.63, 3.8) is 0 Å². The van der Waals surface area contributed by atoms with E-state index in [2.05, 4.69) is 0 Å². The lowest BCUT2D eigenvalue weighted by molar-refractivity contribution is 0.0973. The molecule has 4 heteroatoms. The van der Waals surface area contributed by atoms with E-state index in [0.717, 1.165) is 0 Å². The van der Waals surface area contributed by atoms with E-state index in [1.807, 2.05) is 26.0 Å². The Balaban J connectivity index is 2.12. The van der Waals surface area contributed by atoms with Crippen molar-refractivity contribution in [2.75, 3.05) is 0 Å². The van der Waals surface area contributed by atoms with Crippen LogP contribution < -0.4 is 0 Å². The first-order valence-corrected chi connectivity index (χ1v) is 7.91. The van der Waals surface area contributed by atoms with Crippen molar-refractivity contribution < 1.29 is 19.8 Å². The van der Waals surface area contributed by atoms with Gasteiger partial charge in [0.1, 0.15) is 11.5 Å². The molecule has 0 bridgehead atoms. The highest BCUT2D eigenvalue weighted by Gasteiger charge is 2.39. The van der Waals surface area contributed by atoms with Crippen molar-refractivity contribution in [3.8, 4) is 11.5 Å². The van der Waals surface area contributed by atoms with E-state index in [1.54, 1.807) is 24.3 Å². The van der Waals surface area contributed by atoms with Crippen LogP contribution in [0.2, 0.25) is 0 Å². The van der Waals surface area contributed by atoms with Gasteiger partial charge in [-0.25, -0.2) is 0 Å². The maximum atomic E-state index is 12.9. The number of ketones is 2. The van der Waals surface area contributed by atoms with Crippen molar-refractivity contribution in [1.29, 1.82) is 0 Å². The maximum Gasteiger partial charge on any atom is 0.198 e. The predicted octanol–water partition coefficient (Wildman–Crippen LogP) is 3.65. The van der Waals surface area contributed by atoms with Crippen LogP contribution in [0, 0.1) is 0 Å². The van der Waals surface area contributed by atoms with Crippen LogP contribution in [0.3, 0.4) is 0 Å². The molecule has 0 saturated heterocycles. The third-order valence-corrected chi connectivity index (χ3v) is 4.99. The average molecular weight is 320 g/mol. The van der Waals surface area contributed by atoms with Gasteiger partial charge in [-0.3, -0.25) is 9.59 Å². The highest BCUT2D eigenvalue weighted by Crippen LogP contribution is 2.50. The summed E-state index contributed by atoms with van der Waals surface area (Å²) in [5.74, 6) is -1.51. The monoisotopic (exact) mass is 320 g/mol. The van der Waals surface area contributed by atoms with Crippen molar-refractivity contribution in [2.45, 2.75) is 25.7 Å². The van der Waals surface area contributed by atoms with E-state index >= 15 is 0 Å². The minimum absolute atomic E-state index is 0.0794. The fourth-order valence-electron chi connectivity index (χ4n) is 3.80. The molecule has 0 saturated carbocycles. The second kappa shape index (κ2) is 4.81. The van der Waals surface area contributed by atoms with Crippen LogP contribution in [0.5, 0.6) is 11.5 Å². The van der Waals surface area contributed by atoms with Gasteiger partial charge in [-0.15, -0.1) is 0 Å². The Morgan fingerprint density at radius 1 is 0.750 bits per heavy atom. The van der Waals surface area contributed by atoms with Crippen molar-refractivity contribution in [2.24, 2.45) is 0 Å². The van der Waals surface area contributed by atoms with Gasteiger partial charge in [-0.05, 0) is 0 Å². The SMILES string of the molecule is CC1C=CC(C)c2c(O)c3c(c(O)c21)C(=O)c1ccccc1C3=O. The molecule has 2 aliphatic carbocycles. The first kappa shape index (κ1) is 14.7. The number of rotatable bonds is 0. The van der Waals surface area contributed by atoms with E-state index in [-0.39, 0.29) is 45.6 Å². The lowest BCUT2D eigenvalue weighted by atomic mass is 9.74. The van der Waals surface area contributed by atoms with Crippen molar-refractivity contribution in [3.05, 3.63) is 69.8 Å². The zero-order valence-corrected chi connectivity index (χ0v) is 13.3. The van der Waals surface area contributed by atoms with Crippen LogP contribution in [0.25, 0.3) is 0 Å². The second-order valence-corrected chi connectivity index (χ2v) is 6.44. The Hall–Kier alpha value is -2.88. The van der Waals surface area contributed by atoms with Gasteiger partial charge < -0.3 is 10.2 Å². The normalized spacial score (nSPS) is 21.2. The molecule has 2 aromatic carbocycles. The summed E-state index contributed by atoms with van der Waals surface area (Å²) < 4.78 is 0. The summed E-state index contributed by atoms with van der Waals surface area (Å²) in [7, 11) is 0. The Morgan fingerprint density at radius 2 is 1.12 bits per heavy atom. The molecule has 0 radical (unpaired) electrons. The van der Waals surface area contributed by atoms with Gasteiger partial charge in [-0.1, -0.05) is 50.3 Å². The molecule has 2 unspecified atom stereocenters. The molecule has 120 valence electrons. The molecular weight excluding hydrogens is 304 g/mol. The first-order valence-electron chi connectivity index (χ1n) is 7.91. The summed E-state index contributed by atoms with van der Waals surface area (Å²) in [4.78, 5) is 25.7. The fraction of sp³-hybridized carbons (Fsp3) is 0.200. The van der Waals surface area contributed by atoms with Crippen LogP contribution in [-0.4, -0.2) is 21.8 Å². The Morgan fingerprint density at radius 3 is 1.50 bits per heavy atom. The number of hydrogen-bond donors (Lipinski definition) is 2. The molecule has 0 fully saturated rings. The molecule has 0 aliphatic heterocycles. The van der Waals surface area contributed by atoms with Gasteiger partial charge in [0, 0.05) is 34.1 Å². The molecule has 2 aliphatic rings. The zero-order chi connectivity index (χ0) is 17.2. The van der Waals surface area contributed by atoms with Gasteiger partial charge in [0.15, 0.2) is 11.6 Å². The lowest BCUT2D eigenvalue weighted by Crippen LogP contribution is -2.23. The Bertz CT molecular complexity index is 877. The highest BCUT2D eigenvalue weighted by atomic mass is 16.3. The smallest absolute Gasteiger partial charge is 0.198 e. The molecule has 4 rings (SSSR count). The average Bonchev–Trinajstić information content (AvgIpc) is 2.58. The van der Waals surface area contributed by atoms with Gasteiger partial charge in [0.25, 0.3) is 0 Å². The molecule has 4 nitrogen and oxygen atoms in total. The third kappa shape index (κ3) is 1.68. The molecule has 0 spiro atoms. The summed E-state index contributed by atoms with van der Waals surface area (Å²) in [6, 6.07) is 6.50. The lowest BCUT2D eigenvalue weighted by Gasteiger charge is -2.29. The fourth-order valence-corrected chi connectivity index (χ4v) is 3.80. The number of fused-ring (bicyclic) bond motifs is 3. The number of aromatic hydroxyl groups is 2. The van der Waals surface area contributed by atoms with Crippen LogP contribution in [0.1, 0.15) is 68.7 Å². The van der Waals surface area contributed by atoms with E-state index in [9.17, 15) is 19.8 Å². The Labute approximate surface area is 139 Å². The van der Waals surface area contributed by atoms with Gasteiger partial charge in [0.05, 0.1) is 11.1 Å². The number of carbonyl (C=O) groups excluding carboxylic acids is 2. The number of benzene rings is 2. The van der Waals surface area contributed by atoms with Gasteiger partial charge >= 0.3 is 0 Å². The van der Waals surface area contributed by atoms with E-state index < -0.39 is 11.6 Å². The Kier molecular flexibility index (Phi) is 2.94. The summed E-state index contributed by atoms with van der Waals surface area (Å²) in [5.41, 5.74) is 1.42. The summed E-state index contributed by atoms with van der Waals surface area (Å²) in [5, 5.41) is 21.6. The van der Waals surface area contributed by atoms with Crippen LogP contribution in [0.15, 0.2) is 36.4 Å². The number of allylic oxidation sites excluding steroid dienone is 2. The van der Waals surface area contributed by atoms with E-state index in [4.69, 9.17) is 0 Å². The van der Waals surface area contributed by atoms with Crippen LogP contribution in [0.4, 0.5) is 0 Å². The highest BCUT2D eigenvalue weighted by molar-refractivity contribution is 6.30. The summed E-state index contributed by atoms with van der Waals surface area (Å²) in [6.07, 6.45) is 3.86. The largest absolute Gasteiger partial charge is 0.507 e. The van der Waals surface area contributed by atoms with Gasteiger partial charge in [-0.2, -0.15) is 0 Å². The number of phenols is 2. The number of phenolic OH excluding ortho intramolecular Hbond substituents is 2. The van der Waals surface area contributed by atoms with Crippen molar-refractivity contribution >= 4 is 11.6 Å². The number of hydrogen-bond acceptors (Lipinski definition) is 4. The van der Waals surface area contributed by atoms with E-state index in [1.165, 1.54) is 0 Å². The van der Waals surface area contributed by atoms with Crippen LogP contribution >= 0.6 is 0 Å². The molecule has 2 atom stereocenters. The standard InChI is InChI=1S/C20H16O4/c1-9-7-8-10(2)14-13(9)19(23)15-16(20(14)24)18(22)12-6-4-3-5-11(12)17(15)21/h3-10,23-24H,1-2H3. The molecule has 2 aromatic rings. The van der Waals surface area contributed by atoms with Crippen molar-refractivity contribution in [1.82, 2.24) is 0 Å². The molecule has 2 N–H and O–H groups in total. The summed E-state index contributed by atoms with van der Waals surface area (Å²) in [6.45, 7) is 3.77. The quantitative estimate of drug-likeness (QED) is 0.490. The third-order valence-electron chi connectivity index (χ3n) is 4.99. The number of carbonyl (C=O) groups is 2. The minimum atomic E-state index is -0.426. The predicted molar refractivity (Wildman–Crippen MR) is 89.0 cm³/mol. The molecule has 24 heavy (non-hydrogen) atoms. The maximum absolute atomic E-state index is 12.9. The zero-order valence-electron chi connectivity index (χ0n) is 13.3. The molecule has 0 amide bonds. The molecule has 0 aromatic heterocycles. The molecular formula is C20H16O4. The first-order chi connectivity index (χ1) is 11.4. The topological polar surface area (TPSA) is 74.6 Å². The minimum Gasteiger partial charge on any atom is -0.507 e. The van der Waals surface area contributed by atoms with Gasteiger partial charge in [0.2, 0.25) is 0 Å². The summed E-state index contributed by atoms with van der Waals surface area (Å²) >= 11 is 0. The second-order valence-electron chi connectivity index (χ2n) is 6.44. The van der Waals surface area contributed by atoms with E-state index in [0.29, 0.717) is 11.1 Å².